The first-order valence-electron chi connectivity index (χ1n) is 5.23. The van der Waals surface area contributed by atoms with Crippen molar-refractivity contribution >= 4 is 23.1 Å². The second-order valence-electron chi connectivity index (χ2n) is 5.16. The number of amides is 1. The topological polar surface area (TPSA) is 55.1 Å². The highest BCUT2D eigenvalue weighted by Gasteiger charge is 2.23. The average molecular weight is 230 g/mol. The van der Waals surface area contributed by atoms with Gasteiger partial charge in [0.2, 0.25) is 5.91 Å². The lowest BCUT2D eigenvalue weighted by atomic mass is 9.80. The van der Waals surface area contributed by atoms with Gasteiger partial charge < -0.3 is 11.1 Å². The molecule has 0 aromatic carbocycles. The van der Waals surface area contributed by atoms with E-state index in [1.54, 1.807) is 6.92 Å². The van der Waals surface area contributed by atoms with Crippen LogP contribution in [0, 0.1) is 11.3 Å². The minimum absolute atomic E-state index is 0.0118. The summed E-state index contributed by atoms with van der Waals surface area (Å²) in [6.45, 7) is 10.2. The third kappa shape index (κ3) is 5.72. The van der Waals surface area contributed by atoms with Gasteiger partial charge >= 0.3 is 0 Å². The van der Waals surface area contributed by atoms with Crippen LogP contribution in [-0.4, -0.2) is 16.9 Å². The molecule has 2 unspecified atom stereocenters. The second-order valence-corrected chi connectivity index (χ2v) is 5.63. The molecule has 0 radical (unpaired) electrons. The predicted molar refractivity (Wildman–Crippen MR) is 67.6 cm³/mol. The van der Waals surface area contributed by atoms with Gasteiger partial charge in [-0.3, -0.25) is 4.79 Å². The van der Waals surface area contributed by atoms with Gasteiger partial charge in [-0.1, -0.05) is 39.9 Å². The molecular formula is C11H22N2OS. The Kier molecular flexibility index (Phi) is 5.21. The van der Waals surface area contributed by atoms with E-state index in [4.69, 9.17) is 18.0 Å². The van der Waals surface area contributed by atoms with Gasteiger partial charge in [0.05, 0.1) is 11.0 Å². The molecule has 0 bridgehead atoms. The lowest BCUT2D eigenvalue weighted by molar-refractivity contribution is -0.122. The number of rotatable bonds is 4. The van der Waals surface area contributed by atoms with Gasteiger partial charge in [0.15, 0.2) is 0 Å². The van der Waals surface area contributed by atoms with E-state index < -0.39 is 0 Å². The van der Waals surface area contributed by atoms with Crippen molar-refractivity contribution in [1.29, 1.82) is 0 Å². The smallest absolute Gasteiger partial charge is 0.220 e. The molecule has 0 rings (SSSR count). The Morgan fingerprint density at radius 3 is 2.20 bits per heavy atom. The molecule has 3 nitrogen and oxygen atoms in total. The van der Waals surface area contributed by atoms with Gasteiger partial charge in [0.1, 0.15) is 0 Å². The number of hydrogen-bond donors (Lipinski definition) is 2. The molecule has 0 aliphatic carbocycles. The third-order valence-corrected chi connectivity index (χ3v) is 3.13. The SMILES string of the molecule is CC(NC(=O)CC(C)C(C)(C)C)C(N)=S. The Bertz CT molecular complexity index is 245. The molecule has 0 aromatic rings. The van der Waals surface area contributed by atoms with Gasteiger partial charge in [-0.25, -0.2) is 0 Å². The minimum Gasteiger partial charge on any atom is -0.392 e. The van der Waals surface area contributed by atoms with Crippen molar-refractivity contribution in [2.24, 2.45) is 17.1 Å². The summed E-state index contributed by atoms with van der Waals surface area (Å²) in [5, 5.41) is 2.78. The molecule has 1 amide bonds. The molecule has 0 saturated heterocycles. The summed E-state index contributed by atoms with van der Waals surface area (Å²) in [6.07, 6.45) is 0.510. The van der Waals surface area contributed by atoms with Crippen molar-refractivity contribution in [3.8, 4) is 0 Å². The van der Waals surface area contributed by atoms with Gasteiger partial charge in [0, 0.05) is 6.42 Å². The van der Waals surface area contributed by atoms with Crippen molar-refractivity contribution in [2.75, 3.05) is 0 Å². The predicted octanol–water partition coefficient (Wildman–Crippen LogP) is 1.85. The highest BCUT2D eigenvalue weighted by molar-refractivity contribution is 7.80. The van der Waals surface area contributed by atoms with Gasteiger partial charge in [-0.2, -0.15) is 0 Å². The number of thiocarbonyl (C=S) groups is 1. The summed E-state index contributed by atoms with van der Waals surface area (Å²) >= 11 is 4.79. The normalized spacial score (nSPS) is 15.5. The summed E-state index contributed by atoms with van der Waals surface area (Å²) in [6, 6.07) is -0.223. The fraction of sp³-hybridized carbons (Fsp3) is 0.818. The molecule has 0 aliphatic heterocycles. The Balaban J connectivity index is 4.11. The van der Waals surface area contributed by atoms with Crippen LogP contribution in [0.15, 0.2) is 0 Å². The van der Waals surface area contributed by atoms with Crippen LogP contribution in [0.2, 0.25) is 0 Å². The van der Waals surface area contributed by atoms with E-state index >= 15 is 0 Å². The van der Waals surface area contributed by atoms with Gasteiger partial charge in [0.25, 0.3) is 0 Å². The number of carbonyl (C=O) groups excluding carboxylic acids is 1. The molecular weight excluding hydrogens is 208 g/mol. The fourth-order valence-electron chi connectivity index (χ4n) is 0.956. The Morgan fingerprint density at radius 2 is 1.87 bits per heavy atom. The lowest BCUT2D eigenvalue weighted by Gasteiger charge is -2.27. The molecule has 0 heterocycles. The number of nitrogens with two attached hydrogens (primary N) is 1. The van der Waals surface area contributed by atoms with Crippen LogP contribution >= 0.6 is 12.2 Å². The summed E-state index contributed by atoms with van der Waals surface area (Å²) in [4.78, 5) is 11.9. The van der Waals surface area contributed by atoms with Crippen molar-refractivity contribution in [3.63, 3.8) is 0 Å². The first kappa shape index (κ1) is 14.4. The largest absolute Gasteiger partial charge is 0.392 e. The maximum absolute atomic E-state index is 11.6. The van der Waals surface area contributed by atoms with Crippen molar-refractivity contribution in [3.05, 3.63) is 0 Å². The van der Waals surface area contributed by atoms with Crippen LogP contribution < -0.4 is 11.1 Å². The molecule has 0 saturated carbocycles. The van der Waals surface area contributed by atoms with E-state index in [-0.39, 0.29) is 17.4 Å². The van der Waals surface area contributed by atoms with E-state index in [0.29, 0.717) is 17.3 Å². The summed E-state index contributed by atoms with van der Waals surface area (Å²) in [5.41, 5.74) is 5.56. The average Bonchev–Trinajstić information content (AvgIpc) is 2.01. The monoisotopic (exact) mass is 230 g/mol. The van der Waals surface area contributed by atoms with Crippen LogP contribution in [0.4, 0.5) is 0 Å². The zero-order chi connectivity index (χ0) is 12.2. The van der Waals surface area contributed by atoms with Crippen LogP contribution in [0.1, 0.15) is 41.0 Å². The zero-order valence-corrected chi connectivity index (χ0v) is 11.1. The Hall–Kier alpha value is -0.640. The zero-order valence-electron chi connectivity index (χ0n) is 10.3. The van der Waals surface area contributed by atoms with Crippen LogP contribution in [0.5, 0.6) is 0 Å². The quantitative estimate of drug-likeness (QED) is 0.725. The molecule has 88 valence electrons. The van der Waals surface area contributed by atoms with Crippen LogP contribution in [0.25, 0.3) is 0 Å². The van der Waals surface area contributed by atoms with Crippen LogP contribution in [-0.2, 0) is 4.79 Å². The van der Waals surface area contributed by atoms with Crippen molar-refractivity contribution in [1.82, 2.24) is 5.32 Å². The first-order valence-corrected chi connectivity index (χ1v) is 5.64. The Labute approximate surface area is 97.8 Å². The van der Waals surface area contributed by atoms with Gasteiger partial charge in [-0.15, -0.1) is 0 Å². The van der Waals surface area contributed by atoms with E-state index in [9.17, 15) is 4.79 Å². The van der Waals surface area contributed by atoms with Crippen LogP contribution in [0.3, 0.4) is 0 Å². The fourth-order valence-corrected chi connectivity index (χ4v) is 1.01. The number of nitrogens with one attached hydrogen (secondary N) is 1. The van der Waals surface area contributed by atoms with Crippen molar-refractivity contribution in [2.45, 2.75) is 47.1 Å². The molecule has 0 aliphatic rings. The number of hydrogen-bond acceptors (Lipinski definition) is 2. The molecule has 15 heavy (non-hydrogen) atoms. The third-order valence-electron chi connectivity index (χ3n) is 2.77. The number of carbonyl (C=O) groups is 1. The molecule has 0 fully saturated rings. The van der Waals surface area contributed by atoms with Gasteiger partial charge in [-0.05, 0) is 18.3 Å². The summed E-state index contributed by atoms with van der Waals surface area (Å²) in [5.74, 6) is 0.341. The molecule has 4 heteroatoms. The minimum atomic E-state index is -0.223. The highest BCUT2D eigenvalue weighted by Crippen LogP contribution is 2.27. The molecule has 3 N–H and O–H groups in total. The Morgan fingerprint density at radius 1 is 1.40 bits per heavy atom. The first-order chi connectivity index (χ1) is 6.64. The maximum atomic E-state index is 11.6. The van der Waals surface area contributed by atoms with Crippen molar-refractivity contribution < 1.29 is 4.79 Å². The molecule has 2 atom stereocenters. The molecule has 0 spiro atoms. The second kappa shape index (κ2) is 5.45. The van der Waals surface area contributed by atoms with E-state index in [1.165, 1.54) is 0 Å². The summed E-state index contributed by atoms with van der Waals surface area (Å²) in [7, 11) is 0. The molecule has 0 aromatic heterocycles. The van der Waals surface area contributed by atoms with E-state index in [2.05, 4.69) is 33.0 Å². The van der Waals surface area contributed by atoms with E-state index in [1.807, 2.05) is 0 Å². The highest BCUT2D eigenvalue weighted by atomic mass is 32.1. The maximum Gasteiger partial charge on any atom is 0.220 e. The standard InChI is InChI=1S/C11H22N2OS/c1-7(11(3,4)5)6-9(14)13-8(2)10(12)15/h7-8H,6H2,1-5H3,(H2,12,15)(H,13,14). The van der Waals surface area contributed by atoms with E-state index in [0.717, 1.165) is 0 Å². The summed E-state index contributed by atoms with van der Waals surface area (Å²) < 4.78 is 0. The lowest BCUT2D eigenvalue weighted by Crippen LogP contribution is -2.42.